The second-order valence-electron chi connectivity index (χ2n) is 31.9. The van der Waals surface area contributed by atoms with Gasteiger partial charge in [-0.2, -0.15) is 15.0 Å². The molecule has 4 aliphatic rings. The normalized spacial score (nSPS) is 23.7. The van der Waals surface area contributed by atoms with E-state index < -0.39 is 23.2 Å². The van der Waals surface area contributed by atoms with E-state index in [4.69, 9.17) is 49.3 Å². The van der Waals surface area contributed by atoms with Crippen molar-refractivity contribution in [1.29, 1.82) is 0 Å². The highest BCUT2D eigenvalue weighted by atomic mass is 32.1. The number of nitrogens with one attached hydrogen (secondary N) is 6. The van der Waals surface area contributed by atoms with Crippen molar-refractivity contribution >= 4 is 111 Å². The third-order valence-electron chi connectivity index (χ3n) is 24.5. The lowest BCUT2D eigenvalue weighted by molar-refractivity contribution is -0.180. The fourth-order valence-corrected chi connectivity index (χ4v) is 23.1. The van der Waals surface area contributed by atoms with E-state index in [0.717, 1.165) is 152 Å². The summed E-state index contributed by atoms with van der Waals surface area (Å²) in [5.74, 6) is 2.57. The average Bonchev–Trinajstić information content (AvgIpc) is 1.57. The van der Waals surface area contributed by atoms with Crippen LogP contribution in [0.1, 0.15) is 152 Å². The monoisotopic (exact) mass is 1560 g/mol. The van der Waals surface area contributed by atoms with E-state index in [1.165, 1.54) is 31.8 Å². The van der Waals surface area contributed by atoms with E-state index in [1.807, 2.05) is 30.6 Å². The molecule has 0 radical (unpaired) electrons. The van der Waals surface area contributed by atoms with Gasteiger partial charge in [-0.1, -0.05) is 69.3 Å². The Hall–Kier alpha value is -8.69. The smallest absolute Gasteiger partial charge is 0.225 e. The maximum atomic E-state index is 11.5. The highest BCUT2D eigenvalue weighted by molar-refractivity contribution is 7.23. The second-order valence-corrected chi connectivity index (χ2v) is 36.4. The van der Waals surface area contributed by atoms with Crippen molar-refractivity contribution in [1.82, 2.24) is 44.9 Å². The number of hydrogen-bond donors (Lipinski definition) is 9. The largest absolute Gasteiger partial charge is 0.396 e. The topological polar surface area (TPSA) is 267 Å². The highest BCUT2D eigenvalue weighted by Gasteiger charge is 2.62. The predicted molar refractivity (Wildman–Crippen MR) is 453 cm³/mol. The molecule has 4 fully saturated rings. The molecule has 9 aromatic heterocycles. The van der Waals surface area contributed by atoms with Gasteiger partial charge in [0.2, 0.25) is 17.8 Å². The Labute approximate surface area is 665 Å². The van der Waals surface area contributed by atoms with Gasteiger partial charge in [0.15, 0.2) is 11.5 Å². The number of para-hydroxylation sites is 1. The van der Waals surface area contributed by atoms with Gasteiger partial charge in [0, 0.05) is 84.5 Å². The molecule has 10 heterocycles. The molecule has 0 bridgehead atoms. The van der Waals surface area contributed by atoms with Gasteiger partial charge in [-0.05, 0) is 236 Å². The molecule has 16 rings (SSSR count). The number of thiophene rings is 3. The summed E-state index contributed by atoms with van der Waals surface area (Å²) < 4.78 is 18.5. The molecule has 10 unspecified atom stereocenters. The number of pyridine rings is 2. The first-order chi connectivity index (χ1) is 53.6. The van der Waals surface area contributed by atoms with Crippen molar-refractivity contribution < 1.29 is 24.8 Å². The van der Waals surface area contributed by atoms with Gasteiger partial charge < -0.3 is 56.7 Å². The number of ether oxygens (including phenoxy) is 2. The quantitative estimate of drug-likeness (QED) is 0.0232. The van der Waals surface area contributed by atoms with Crippen LogP contribution in [0, 0.1) is 71.1 Å². The molecule has 1 saturated heterocycles. The zero-order valence-corrected chi connectivity index (χ0v) is 68.8. The molecule has 3 aliphatic carbocycles. The molecule has 12 aromatic rings. The fourth-order valence-electron chi connectivity index (χ4n) is 18.3. The van der Waals surface area contributed by atoms with Gasteiger partial charge in [0.05, 0.1) is 75.0 Å². The van der Waals surface area contributed by atoms with E-state index in [9.17, 15) is 15.3 Å². The third kappa shape index (κ3) is 14.6. The lowest BCUT2D eigenvalue weighted by Crippen LogP contribution is -2.46. The Morgan fingerprint density at radius 1 is 0.505 bits per heavy atom. The van der Waals surface area contributed by atoms with Gasteiger partial charge in [-0.3, -0.25) is 9.97 Å². The number of thiazole rings is 1. The second kappa shape index (κ2) is 31.0. The number of nitrogens with zero attached hydrogens (tertiary/aromatic N) is 9. The first-order valence-electron chi connectivity index (χ1n) is 39.3. The number of aromatic nitrogens is 9. The molecule has 578 valence electrons. The van der Waals surface area contributed by atoms with Gasteiger partial charge in [-0.25, -0.2) is 19.9 Å². The molecule has 20 nitrogen and oxygen atoms in total. The molecule has 10 atom stereocenters. The van der Waals surface area contributed by atoms with E-state index in [1.54, 1.807) is 45.3 Å². The van der Waals surface area contributed by atoms with Crippen LogP contribution >= 0.6 is 45.3 Å². The minimum atomic E-state index is -1.17. The van der Waals surface area contributed by atoms with E-state index >= 15 is 0 Å². The Bertz CT molecular complexity index is 5440. The number of benzene rings is 3. The van der Waals surface area contributed by atoms with Crippen molar-refractivity contribution in [3.05, 3.63) is 181 Å². The van der Waals surface area contributed by atoms with Crippen LogP contribution in [-0.2, 0) is 54.8 Å². The Kier molecular flexibility index (Phi) is 21.3. The van der Waals surface area contributed by atoms with Crippen LogP contribution in [0.5, 0.6) is 0 Å². The fraction of sp³-hybridized carbons (Fsp3) is 0.437. The minimum Gasteiger partial charge on any atom is -0.396 e. The summed E-state index contributed by atoms with van der Waals surface area (Å²) in [6, 6.07) is 33.9. The summed E-state index contributed by atoms with van der Waals surface area (Å²) >= 11 is 6.94. The number of anilines is 6. The zero-order valence-electron chi connectivity index (χ0n) is 65.5. The van der Waals surface area contributed by atoms with E-state index in [0.29, 0.717) is 69.0 Å². The summed E-state index contributed by atoms with van der Waals surface area (Å²) in [6.07, 6.45) is 10.3. The molecule has 0 spiro atoms. The molecule has 24 heteroatoms. The number of hydrogen-bond acceptors (Lipinski definition) is 24. The maximum absolute atomic E-state index is 11.5. The van der Waals surface area contributed by atoms with Crippen LogP contribution in [0.25, 0.3) is 61.8 Å². The van der Waals surface area contributed by atoms with Gasteiger partial charge in [0.1, 0.15) is 28.6 Å². The summed E-state index contributed by atoms with van der Waals surface area (Å²) in [6.45, 7) is 27.4. The van der Waals surface area contributed by atoms with Crippen molar-refractivity contribution in [2.45, 2.75) is 196 Å². The Balaban J connectivity index is 0.749. The molecular formula is C87H101N15O5S4. The zero-order chi connectivity index (χ0) is 77.3. The number of aliphatic hydroxyl groups is 3. The standard InChI is InChI=1S/C87H101N15O5S4/c1-13-60-72-54(39-62-57(45-104)32-35-85(62,11)101-79-71(80-96-63-25-15-16-26-66(63)111-80)53(9)95-81(99-79)90-41-59-30-29-49(5)108-59)23-17-27-67(72)109-74(60)70-52(8)94-83(92-43-65-48(4)22-20-38-89-65)98-78(70)102-87-36-33-58(46-105)76(87)106-86(12,107-87)40-55-24-18-28-68-73(55)61(14-2)75(110-68)69-51(7)93-82(91-42-64-47(3)21-19-37-88-64)97-77(69)100-84(10)34-31-56(44-103)50(84)6/h15-30,37-38,50,56-58,62,76,103-105H,13-14,31-36,39-46H2,1-12H3,(H2,90,95,99,101)(H2,91,93,97,100)(H2,92,94,98,102). The minimum absolute atomic E-state index is 0.00652. The van der Waals surface area contributed by atoms with E-state index in [2.05, 4.69) is 199 Å². The van der Waals surface area contributed by atoms with E-state index in [-0.39, 0.29) is 54.9 Å². The lowest BCUT2D eigenvalue weighted by atomic mass is 9.79. The summed E-state index contributed by atoms with van der Waals surface area (Å²) in [4.78, 5) is 51.0. The number of rotatable bonds is 27. The maximum Gasteiger partial charge on any atom is 0.225 e. The molecule has 3 saturated carbocycles. The third-order valence-corrected chi connectivity index (χ3v) is 29.0. The van der Waals surface area contributed by atoms with Crippen molar-refractivity contribution in [2.75, 3.05) is 51.7 Å². The van der Waals surface area contributed by atoms with Crippen LogP contribution in [-0.4, -0.2) is 109 Å². The molecular weight excluding hydrogens is 1460 g/mol. The lowest BCUT2D eigenvalue weighted by Gasteiger charge is -2.36. The first kappa shape index (κ1) is 76.3. The highest BCUT2D eigenvalue weighted by Crippen LogP contribution is 2.55. The van der Waals surface area contributed by atoms with Crippen LogP contribution in [0.4, 0.5) is 35.3 Å². The molecule has 3 aromatic carbocycles. The predicted octanol–water partition coefficient (Wildman–Crippen LogP) is 18.3. The number of fused-ring (bicyclic) bond motifs is 4. The van der Waals surface area contributed by atoms with Crippen molar-refractivity contribution in [2.24, 2.45) is 29.6 Å². The Morgan fingerprint density at radius 2 is 1.04 bits per heavy atom. The van der Waals surface area contributed by atoms with Crippen LogP contribution < -0.4 is 31.9 Å². The molecule has 0 amide bonds. The van der Waals surface area contributed by atoms with Crippen LogP contribution in [0.3, 0.4) is 0 Å². The Morgan fingerprint density at radius 3 is 1.61 bits per heavy atom. The van der Waals surface area contributed by atoms with Gasteiger partial charge in [-0.15, -0.1) is 45.3 Å². The number of aryl methyl sites for hydroxylation is 8. The van der Waals surface area contributed by atoms with Crippen LogP contribution in [0.2, 0.25) is 0 Å². The number of aliphatic hydroxyl groups excluding tert-OH is 3. The van der Waals surface area contributed by atoms with Crippen LogP contribution in [0.15, 0.2) is 109 Å². The van der Waals surface area contributed by atoms with Crippen molar-refractivity contribution in [3.8, 4) is 31.5 Å². The molecule has 9 N–H and O–H groups in total. The molecule has 1 aliphatic heterocycles. The SMILES string of the molecule is CCc1c(-c2c(C)nc(NCc3ncccc3C)nc2NC2(C)CCC(CO)C2C)sc2cccc(CC3(C)OC4C(CO)CCC4(Nc4nc(NCc5ncccc5C)nc(C)c4-c4sc5cccc(CC6C(CO)CCC6(C)Nc6nc(NCc7ccc(C)s7)nc(C)c6-c6nc7ccccc7s6)c5c4CC)O3)c12. The van der Waals surface area contributed by atoms with Crippen molar-refractivity contribution in [3.63, 3.8) is 0 Å². The van der Waals surface area contributed by atoms with Gasteiger partial charge in [0.25, 0.3) is 0 Å². The summed E-state index contributed by atoms with van der Waals surface area (Å²) in [5.41, 5.74) is 12.8. The first-order valence-corrected chi connectivity index (χ1v) is 42.6. The summed E-state index contributed by atoms with van der Waals surface area (Å²) in [7, 11) is 0. The average molecular weight is 1570 g/mol. The summed E-state index contributed by atoms with van der Waals surface area (Å²) in [5, 5.41) is 59.5. The molecule has 111 heavy (non-hydrogen) atoms. The van der Waals surface area contributed by atoms with Gasteiger partial charge >= 0.3 is 0 Å².